The second-order valence-electron chi connectivity index (χ2n) is 8.99. The van der Waals surface area contributed by atoms with Crippen molar-refractivity contribution >= 4 is 17.6 Å². The molecule has 5 rings (SSSR count). The van der Waals surface area contributed by atoms with Crippen LogP contribution < -0.4 is 24.8 Å². The predicted octanol–water partition coefficient (Wildman–Crippen LogP) is 1.17. The second kappa shape index (κ2) is 9.61. The molecule has 0 spiro atoms. The molecular formula is C26H30Cl2HfSi. The van der Waals surface area contributed by atoms with Crippen molar-refractivity contribution in [3.05, 3.63) is 80.9 Å². The van der Waals surface area contributed by atoms with Gasteiger partial charge in [-0.2, -0.15) is 0 Å². The van der Waals surface area contributed by atoms with Crippen molar-refractivity contribution in [1.29, 1.82) is 0 Å². The first-order chi connectivity index (χ1) is 13.6. The topological polar surface area (TPSA) is 0 Å². The molecule has 30 heavy (non-hydrogen) atoms. The molecule has 2 unspecified atom stereocenters. The maximum atomic E-state index is 2.67. The fraction of sp³-hybridized carbons (Fsp3) is 0.385. The Hall–Kier alpha value is -0.413. The molecular weight excluding hydrogens is 590 g/mol. The third kappa shape index (κ3) is 3.91. The largest absolute Gasteiger partial charge is 1.00 e. The summed E-state index contributed by atoms with van der Waals surface area (Å²) in [6, 6.07) is 12.6. The Morgan fingerprint density at radius 3 is 1.50 bits per heavy atom. The number of allylic oxidation sites excluding steroid dienone is 2. The van der Waals surface area contributed by atoms with E-state index in [9.17, 15) is 0 Å². The van der Waals surface area contributed by atoms with Crippen LogP contribution >= 0.6 is 0 Å². The molecule has 1 fully saturated rings. The van der Waals surface area contributed by atoms with Gasteiger partial charge < -0.3 is 24.8 Å². The number of aryl methyl sites for hydroxylation is 4. The fourth-order valence-electron chi connectivity index (χ4n) is 5.80. The van der Waals surface area contributed by atoms with E-state index in [4.69, 9.17) is 0 Å². The summed E-state index contributed by atoms with van der Waals surface area (Å²) in [5.74, 6) is 0. The molecule has 2 aromatic carbocycles. The third-order valence-electron chi connectivity index (χ3n) is 7.26. The SMILES string of the molecule is Cc1ccc(C)c2c1C=C[CH]2[Hf+2]([CH]1C=Cc2c(C)ccc(C)c21)=[Si]1CCCC1.[Cl-].[Cl-]. The van der Waals surface area contributed by atoms with Gasteiger partial charge in [0.25, 0.3) is 0 Å². The van der Waals surface area contributed by atoms with Crippen molar-refractivity contribution < 1.29 is 44.9 Å². The van der Waals surface area contributed by atoms with E-state index >= 15 is 0 Å². The summed E-state index contributed by atoms with van der Waals surface area (Å²) in [6.45, 7) is 9.33. The normalized spacial score (nSPS) is 20.3. The zero-order chi connectivity index (χ0) is 19.4. The van der Waals surface area contributed by atoms with Crippen LogP contribution in [0.1, 0.15) is 64.7 Å². The number of fused-ring (bicyclic) bond motifs is 2. The summed E-state index contributed by atoms with van der Waals surface area (Å²) in [4.78, 5) is 0. The zero-order valence-corrected chi connectivity index (χ0v) is 24.5. The average molecular weight is 620 g/mol. The first kappa shape index (κ1) is 24.2. The van der Waals surface area contributed by atoms with Gasteiger partial charge in [-0.25, -0.2) is 0 Å². The van der Waals surface area contributed by atoms with Crippen molar-refractivity contribution in [3.8, 4) is 0 Å². The zero-order valence-electron chi connectivity index (χ0n) is 18.4. The van der Waals surface area contributed by atoms with Gasteiger partial charge in [-0.15, -0.1) is 0 Å². The van der Waals surface area contributed by atoms with Gasteiger partial charge in [-0.05, 0) is 0 Å². The van der Waals surface area contributed by atoms with E-state index in [2.05, 4.69) is 76.3 Å². The molecule has 0 saturated carbocycles. The molecule has 0 amide bonds. The molecule has 156 valence electrons. The van der Waals surface area contributed by atoms with Crippen LogP contribution in [-0.2, 0) is 20.1 Å². The van der Waals surface area contributed by atoms with Crippen molar-refractivity contribution in [2.24, 2.45) is 0 Å². The molecule has 1 aliphatic heterocycles. The monoisotopic (exact) mass is 620 g/mol. The van der Waals surface area contributed by atoms with Gasteiger partial charge in [0.2, 0.25) is 0 Å². The summed E-state index contributed by atoms with van der Waals surface area (Å²) >= 11 is -2.00. The maximum Gasteiger partial charge on any atom is -1.00 e. The predicted molar refractivity (Wildman–Crippen MR) is 120 cm³/mol. The number of rotatable bonds is 2. The van der Waals surface area contributed by atoms with Crippen LogP contribution in [0.15, 0.2) is 36.4 Å². The fourth-order valence-corrected chi connectivity index (χ4v) is 40.9. The molecule has 3 aliphatic rings. The standard InChI is InChI=1S/2C11H11.C4H8Si.2ClH.Hf/c2*1-8-6-7-9(2)11-5-3-4-10(8)11;1-2-4-5-3-1;;;/h2*3-7H,1-2H3;1-4H2;2*1H;/q;;;;;+2/p-2. The molecule has 4 heteroatoms. The molecule has 0 bridgehead atoms. The molecule has 2 aliphatic carbocycles. The minimum absolute atomic E-state index is 0. The summed E-state index contributed by atoms with van der Waals surface area (Å²) in [5.41, 5.74) is 12.5. The molecule has 1 saturated heterocycles. The Morgan fingerprint density at radius 2 is 1.07 bits per heavy atom. The maximum absolute atomic E-state index is 2.67. The average Bonchev–Trinajstić information content (AvgIpc) is 3.42. The van der Waals surface area contributed by atoms with Crippen molar-refractivity contribution in [2.45, 2.75) is 60.0 Å². The summed E-state index contributed by atoms with van der Waals surface area (Å²) in [6.07, 6.45) is 13.3. The van der Waals surface area contributed by atoms with Crippen LogP contribution in [0, 0.1) is 27.7 Å². The van der Waals surface area contributed by atoms with Crippen LogP contribution in [0.2, 0.25) is 12.1 Å². The number of benzene rings is 2. The van der Waals surface area contributed by atoms with Gasteiger partial charge in [-0.1, -0.05) is 0 Å². The van der Waals surface area contributed by atoms with Crippen LogP contribution in [-0.4, -0.2) is 5.49 Å². The number of hydrogen-bond acceptors (Lipinski definition) is 0. The van der Waals surface area contributed by atoms with E-state index in [0.717, 1.165) is 7.35 Å². The van der Waals surface area contributed by atoms with E-state index in [-0.39, 0.29) is 30.3 Å². The summed E-state index contributed by atoms with van der Waals surface area (Å²) in [5, 5.41) is 0. The first-order valence-corrected chi connectivity index (χ1v) is 22.3. The molecule has 0 nitrogen and oxygen atoms in total. The van der Waals surface area contributed by atoms with Crippen LogP contribution in [0.4, 0.5) is 0 Å². The summed E-state index contributed by atoms with van der Waals surface area (Å²) < 4.78 is 1.62. The van der Waals surface area contributed by atoms with Gasteiger partial charge in [0.05, 0.1) is 0 Å². The van der Waals surface area contributed by atoms with Gasteiger partial charge >= 0.3 is 179 Å². The number of halogens is 2. The third-order valence-corrected chi connectivity index (χ3v) is 37.5. The van der Waals surface area contributed by atoms with E-state index in [0.29, 0.717) is 0 Å². The Kier molecular flexibility index (Phi) is 7.76. The molecule has 0 aromatic heterocycles. The molecule has 0 radical (unpaired) electrons. The van der Waals surface area contributed by atoms with Crippen molar-refractivity contribution in [1.82, 2.24) is 0 Å². The van der Waals surface area contributed by atoms with Gasteiger partial charge in [0, 0.05) is 0 Å². The molecule has 0 N–H and O–H groups in total. The van der Waals surface area contributed by atoms with Crippen LogP contribution in [0.3, 0.4) is 0 Å². The van der Waals surface area contributed by atoms with E-state index in [1.54, 1.807) is 45.5 Å². The molecule has 2 aromatic rings. The second-order valence-corrected chi connectivity index (χ2v) is 31.3. The summed E-state index contributed by atoms with van der Waals surface area (Å²) in [7, 11) is 0. The van der Waals surface area contributed by atoms with Gasteiger partial charge in [0.1, 0.15) is 0 Å². The van der Waals surface area contributed by atoms with Crippen molar-refractivity contribution in [3.63, 3.8) is 0 Å². The van der Waals surface area contributed by atoms with E-state index in [1.807, 2.05) is 0 Å². The van der Waals surface area contributed by atoms with E-state index < -0.39 is 20.1 Å². The van der Waals surface area contributed by atoms with Gasteiger partial charge in [-0.3, -0.25) is 0 Å². The Bertz CT molecular complexity index is 997. The molecule has 2 atom stereocenters. The Labute approximate surface area is 202 Å². The van der Waals surface area contributed by atoms with Crippen LogP contribution in [0.25, 0.3) is 12.2 Å². The van der Waals surface area contributed by atoms with Crippen LogP contribution in [0.5, 0.6) is 0 Å². The first-order valence-electron chi connectivity index (χ1n) is 10.8. The smallest absolute Gasteiger partial charge is 1.00 e. The van der Waals surface area contributed by atoms with Gasteiger partial charge in [0.15, 0.2) is 0 Å². The minimum Gasteiger partial charge on any atom is -1.00 e. The Balaban J connectivity index is 0.00000128. The number of hydrogen-bond donors (Lipinski definition) is 0. The Morgan fingerprint density at radius 1 is 0.667 bits per heavy atom. The van der Waals surface area contributed by atoms with E-state index in [1.165, 1.54) is 24.0 Å². The quantitative estimate of drug-likeness (QED) is 0.443. The molecule has 1 heterocycles. The van der Waals surface area contributed by atoms with Crippen molar-refractivity contribution in [2.75, 3.05) is 0 Å². The minimum atomic E-state index is -2.00.